The average Bonchev–Trinajstić information content (AvgIpc) is 2.71. The van der Waals surface area contributed by atoms with Crippen molar-refractivity contribution in [2.45, 2.75) is 69.7 Å². The molecule has 0 bridgehead atoms. The van der Waals surface area contributed by atoms with Gasteiger partial charge in [-0.1, -0.05) is 26.2 Å². The van der Waals surface area contributed by atoms with Crippen molar-refractivity contribution in [3.63, 3.8) is 0 Å². The molecule has 1 aliphatic heterocycles. The number of fused-ring (bicyclic) bond motifs is 1. The van der Waals surface area contributed by atoms with Gasteiger partial charge in [-0.3, -0.25) is 4.18 Å². The lowest BCUT2D eigenvalue weighted by atomic mass is 9.91. The lowest BCUT2D eigenvalue weighted by molar-refractivity contribution is 0.0804. The molecule has 2 rings (SSSR count). The van der Waals surface area contributed by atoms with Gasteiger partial charge in [0.05, 0.1) is 11.9 Å². The summed E-state index contributed by atoms with van der Waals surface area (Å²) >= 11 is 0. The molecule has 0 radical (unpaired) electrons. The summed E-state index contributed by atoms with van der Waals surface area (Å²) in [6.45, 7) is 4.23. The normalized spacial score (nSPS) is 40.3. The Hall–Kier alpha value is -0.130. The zero-order valence-electron chi connectivity index (χ0n) is 10.9. The molecule has 0 spiro atoms. The predicted octanol–water partition coefficient (Wildman–Crippen LogP) is 2.23. The molecule has 1 aliphatic carbocycles. The highest BCUT2D eigenvalue weighted by molar-refractivity contribution is 7.86. The van der Waals surface area contributed by atoms with Gasteiger partial charge in [-0.2, -0.15) is 8.42 Å². The van der Waals surface area contributed by atoms with Crippen LogP contribution in [-0.2, 0) is 19.0 Å². The number of rotatable bonds is 6. The van der Waals surface area contributed by atoms with E-state index in [9.17, 15) is 8.42 Å². The maximum absolute atomic E-state index is 11.3. The van der Waals surface area contributed by atoms with Crippen molar-refractivity contribution in [1.82, 2.24) is 0 Å². The summed E-state index contributed by atoms with van der Waals surface area (Å²) in [5.41, 5.74) is -0.471. The van der Waals surface area contributed by atoms with Gasteiger partial charge in [0.1, 0.15) is 11.7 Å². The summed E-state index contributed by atoms with van der Waals surface area (Å²) < 4.78 is 33.5. The Balaban J connectivity index is 2.03. The average molecular weight is 262 g/mol. The van der Waals surface area contributed by atoms with Crippen LogP contribution >= 0.6 is 0 Å². The summed E-state index contributed by atoms with van der Waals surface area (Å²) in [7, 11) is -3.39. The number of ether oxygens (including phenoxy) is 1. The van der Waals surface area contributed by atoms with Crippen molar-refractivity contribution in [2.24, 2.45) is 0 Å². The fraction of sp³-hybridized carbons (Fsp3) is 1.00. The molecule has 5 heteroatoms. The number of hydrogen-bond donors (Lipinski definition) is 0. The third-order valence-corrected chi connectivity index (χ3v) is 4.69. The Morgan fingerprint density at radius 1 is 1.41 bits per heavy atom. The second-order valence-corrected chi connectivity index (χ2v) is 7.11. The Kier molecular flexibility index (Phi) is 3.30. The van der Waals surface area contributed by atoms with Gasteiger partial charge in [0.2, 0.25) is 0 Å². The maximum atomic E-state index is 11.3. The molecule has 1 saturated carbocycles. The SMILES string of the molecule is CCCCC[C@@]12O[C@]1(C)CC[C@@H]2OS(C)(=O)=O. The second-order valence-electron chi connectivity index (χ2n) is 5.51. The monoisotopic (exact) mass is 262 g/mol. The maximum Gasteiger partial charge on any atom is 0.264 e. The first-order valence-corrected chi connectivity index (χ1v) is 8.23. The predicted molar refractivity (Wildman–Crippen MR) is 65.3 cm³/mol. The lowest BCUT2D eigenvalue weighted by Crippen LogP contribution is -2.33. The summed E-state index contributed by atoms with van der Waals surface area (Å²) in [6.07, 6.45) is 6.84. The van der Waals surface area contributed by atoms with Crippen LogP contribution in [0.2, 0.25) is 0 Å². The highest BCUT2D eigenvalue weighted by Gasteiger charge is 2.74. The van der Waals surface area contributed by atoms with E-state index in [0.29, 0.717) is 0 Å². The van der Waals surface area contributed by atoms with Crippen LogP contribution < -0.4 is 0 Å². The van der Waals surface area contributed by atoms with E-state index in [-0.39, 0.29) is 17.3 Å². The number of epoxide rings is 1. The zero-order valence-corrected chi connectivity index (χ0v) is 11.7. The third-order valence-electron chi connectivity index (χ3n) is 4.11. The summed E-state index contributed by atoms with van der Waals surface area (Å²) in [5.74, 6) is 0. The fourth-order valence-corrected chi connectivity index (χ4v) is 3.81. The molecule has 0 aromatic carbocycles. The molecule has 2 aliphatic rings. The van der Waals surface area contributed by atoms with Crippen LogP contribution in [0.15, 0.2) is 0 Å². The summed E-state index contributed by atoms with van der Waals surface area (Å²) in [5, 5.41) is 0. The van der Waals surface area contributed by atoms with E-state index < -0.39 is 10.1 Å². The van der Waals surface area contributed by atoms with E-state index in [1.807, 2.05) is 0 Å². The first-order valence-electron chi connectivity index (χ1n) is 6.41. The molecule has 1 heterocycles. The molecule has 2 fully saturated rings. The largest absolute Gasteiger partial charge is 0.360 e. The first kappa shape index (κ1) is 13.3. The van der Waals surface area contributed by atoms with E-state index in [2.05, 4.69) is 13.8 Å². The molecular formula is C12H22O4S. The van der Waals surface area contributed by atoms with Gasteiger partial charge in [0.15, 0.2) is 0 Å². The molecule has 0 amide bonds. The Bertz CT molecular complexity index is 391. The van der Waals surface area contributed by atoms with E-state index in [1.54, 1.807) is 0 Å². The standard InChI is InChI=1S/C12H22O4S/c1-4-5-6-8-12-10(15-17(3,13)14)7-9-11(12,2)16-12/h10H,4-9H2,1-3H3/t10-,11+,12-/m0/s1. The van der Waals surface area contributed by atoms with Gasteiger partial charge in [-0.25, -0.2) is 0 Å². The second kappa shape index (κ2) is 4.21. The van der Waals surface area contributed by atoms with Gasteiger partial charge in [-0.05, 0) is 26.2 Å². The molecule has 0 aromatic heterocycles. The molecule has 0 unspecified atom stereocenters. The van der Waals surface area contributed by atoms with Crippen molar-refractivity contribution in [3.05, 3.63) is 0 Å². The van der Waals surface area contributed by atoms with E-state index in [1.165, 1.54) is 0 Å². The molecule has 1 saturated heterocycles. The van der Waals surface area contributed by atoms with Crippen molar-refractivity contribution in [2.75, 3.05) is 6.26 Å². The van der Waals surface area contributed by atoms with Gasteiger partial charge >= 0.3 is 0 Å². The molecule has 3 atom stereocenters. The highest BCUT2D eigenvalue weighted by atomic mass is 32.2. The molecule has 4 nitrogen and oxygen atoms in total. The quantitative estimate of drug-likeness (QED) is 0.418. The minimum absolute atomic E-state index is 0.143. The van der Waals surface area contributed by atoms with Crippen molar-refractivity contribution >= 4 is 10.1 Å². The topological polar surface area (TPSA) is 55.9 Å². The molecular weight excluding hydrogens is 240 g/mol. The van der Waals surface area contributed by atoms with Crippen molar-refractivity contribution in [3.8, 4) is 0 Å². The Morgan fingerprint density at radius 2 is 2.12 bits per heavy atom. The smallest absolute Gasteiger partial charge is 0.264 e. The number of hydrogen-bond acceptors (Lipinski definition) is 4. The van der Waals surface area contributed by atoms with Gasteiger partial charge in [0, 0.05) is 0 Å². The van der Waals surface area contributed by atoms with Gasteiger partial charge < -0.3 is 4.74 Å². The van der Waals surface area contributed by atoms with E-state index >= 15 is 0 Å². The molecule has 0 N–H and O–H groups in total. The fourth-order valence-electron chi connectivity index (χ4n) is 3.14. The molecule has 100 valence electrons. The Morgan fingerprint density at radius 3 is 2.65 bits per heavy atom. The van der Waals surface area contributed by atoms with E-state index in [0.717, 1.165) is 44.8 Å². The Labute approximate surface area is 104 Å². The highest BCUT2D eigenvalue weighted by Crippen LogP contribution is 2.62. The van der Waals surface area contributed by atoms with Crippen LogP contribution in [0.4, 0.5) is 0 Å². The first-order chi connectivity index (χ1) is 7.83. The molecule has 0 aromatic rings. The minimum atomic E-state index is -3.39. The van der Waals surface area contributed by atoms with Crippen LogP contribution in [0.5, 0.6) is 0 Å². The van der Waals surface area contributed by atoms with E-state index in [4.69, 9.17) is 8.92 Å². The van der Waals surface area contributed by atoms with Crippen molar-refractivity contribution < 1.29 is 17.3 Å². The number of unbranched alkanes of at least 4 members (excludes halogenated alkanes) is 2. The zero-order chi connectivity index (χ0) is 12.7. The summed E-state index contributed by atoms with van der Waals surface area (Å²) in [6, 6.07) is 0. The molecule has 17 heavy (non-hydrogen) atoms. The third kappa shape index (κ3) is 2.37. The van der Waals surface area contributed by atoms with Crippen LogP contribution in [0, 0.1) is 0 Å². The summed E-state index contributed by atoms with van der Waals surface area (Å²) in [4.78, 5) is 0. The van der Waals surface area contributed by atoms with Gasteiger partial charge in [-0.15, -0.1) is 0 Å². The van der Waals surface area contributed by atoms with Crippen molar-refractivity contribution in [1.29, 1.82) is 0 Å². The van der Waals surface area contributed by atoms with Crippen LogP contribution in [0.1, 0.15) is 52.4 Å². The van der Waals surface area contributed by atoms with Crippen LogP contribution in [0.25, 0.3) is 0 Å². The van der Waals surface area contributed by atoms with Crippen LogP contribution in [-0.4, -0.2) is 32.0 Å². The lowest BCUT2D eigenvalue weighted by Gasteiger charge is -2.19. The minimum Gasteiger partial charge on any atom is -0.360 e. The van der Waals surface area contributed by atoms with Gasteiger partial charge in [0.25, 0.3) is 10.1 Å². The van der Waals surface area contributed by atoms with Crippen LogP contribution in [0.3, 0.4) is 0 Å².